The minimum Gasteiger partial charge on any atom is -0.440 e. The third kappa shape index (κ3) is 5.64. The predicted octanol–water partition coefficient (Wildman–Crippen LogP) is 3.99. The van der Waals surface area contributed by atoms with E-state index in [4.69, 9.17) is 10.5 Å². The van der Waals surface area contributed by atoms with Gasteiger partial charge in [-0.05, 0) is 61.2 Å². The summed E-state index contributed by atoms with van der Waals surface area (Å²) < 4.78 is 7.43. The molecule has 32 heavy (non-hydrogen) atoms. The molecule has 168 valence electrons. The van der Waals surface area contributed by atoms with E-state index in [-0.39, 0.29) is 18.3 Å². The van der Waals surface area contributed by atoms with Crippen molar-refractivity contribution in [2.24, 2.45) is 0 Å². The van der Waals surface area contributed by atoms with E-state index >= 15 is 0 Å². The van der Waals surface area contributed by atoms with Crippen molar-refractivity contribution < 1.29 is 4.74 Å². The number of ether oxygens (including phenoxy) is 1. The Morgan fingerprint density at radius 1 is 1.16 bits per heavy atom. The van der Waals surface area contributed by atoms with Crippen molar-refractivity contribution >= 4 is 5.82 Å². The third-order valence-corrected chi connectivity index (χ3v) is 4.53. The average Bonchev–Trinajstić information content (AvgIpc) is 2.70. The topological polar surface area (TPSA) is 127 Å². The first-order valence-electron chi connectivity index (χ1n) is 10.5. The molecular weight excluding hydrogens is 406 g/mol. The summed E-state index contributed by atoms with van der Waals surface area (Å²) in [6.07, 6.45) is 0. The summed E-state index contributed by atoms with van der Waals surface area (Å²) in [6, 6.07) is 10.6. The van der Waals surface area contributed by atoms with E-state index in [1.165, 1.54) is 4.57 Å². The van der Waals surface area contributed by atoms with Crippen LogP contribution in [0.1, 0.15) is 61.6 Å². The van der Waals surface area contributed by atoms with Gasteiger partial charge < -0.3 is 10.5 Å². The number of aromatic amines is 1. The van der Waals surface area contributed by atoms with Crippen LogP contribution in [0.2, 0.25) is 0 Å². The van der Waals surface area contributed by atoms with Gasteiger partial charge in [0.2, 0.25) is 5.88 Å². The number of nitrogens with zero attached hydrogens (tertiary/aromatic N) is 3. The Kier molecular flexibility index (Phi) is 7.97. The smallest absolute Gasteiger partial charge is 0.331 e. The number of nitrogens with one attached hydrogen (secondary N) is 1. The van der Waals surface area contributed by atoms with Crippen LogP contribution in [-0.2, 0) is 6.54 Å². The first-order valence-corrected chi connectivity index (χ1v) is 10.5. The fourth-order valence-corrected chi connectivity index (χ4v) is 3.35. The lowest BCUT2D eigenvalue weighted by Gasteiger charge is -2.19. The van der Waals surface area contributed by atoms with E-state index in [1.807, 2.05) is 47.6 Å². The summed E-state index contributed by atoms with van der Waals surface area (Å²) in [5.74, 6) is 0.644. The Bertz CT molecular complexity index is 1250. The van der Waals surface area contributed by atoms with Crippen molar-refractivity contribution in [1.29, 1.82) is 5.26 Å². The molecule has 3 rings (SSSR count). The van der Waals surface area contributed by atoms with Crippen LogP contribution in [0.3, 0.4) is 0 Å². The quantitative estimate of drug-likeness (QED) is 0.624. The van der Waals surface area contributed by atoms with Gasteiger partial charge in [-0.3, -0.25) is 14.3 Å². The number of nitrogens with two attached hydrogens (primary N) is 1. The van der Waals surface area contributed by atoms with Crippen LogP contribution in [0.4, 0.5) is 5.82 Å². The first kappa shape index (κ1) is 24.4. The minimum atomic E-state index is -0.597. The van der Waals surface area contributed by atoms with Gasteiger partial charge >= 0.3 is 5.69 Å². The number of anilines is 1. The Labute approximate surface area is 187 Å². The Balaban J connectivity index is 0.00000176. The second-order valence-corrected chi connectivity index (χ2v) is 7.51. The molecule has 1 aromatic carbocycles. The van der Waals surface area contributed by atoms with E-state index in [1.54, 1.807) is 24.3 Å². The zero-order valence-electron chi connectivity index (χ0n) is 19.3. The largest absolute Gasteiger partial charge is 0.440 e. The van der Waals surface area contributed by atoms with Crippen molar-refractivity contribution in [3.8, 4) is 17.7 Å². The number of pyridine rings is 1. The van der Waals surface area contributed by atoms with Crippen LogP contribution in [0.25, 0.3) is 0 Å². The molecule has 0 aliphatic heterocycles. The number of aromatic nitrogens is 3. The molecule has 0 radical (unpaired) electrons. The maximum atomic E-state index is 12.7. The van der Waals surface area contributed by atoms with Gasteiger partial charge in [0.05, 0.1) is 23.7 Å². The van der Waals surface area contributed by atoms with Crippen molar-refractivity contribution in [3.63, 3.8) is 0 Å². The standard InChI is InChI=1S/C22H23N5O3.C2H6/c1-12(2)19-20(28)26-22(29)27(11-16-7-14(4)25-18(24)9-16)21(19)30-17-6-13(3)5-15(8-17)10-23;1-2/h5-9,12H,11H2,1-4H3,(H2,24,25)(H,26,28,29);1-2H3. The van der Waals surface area contributed by atoms with Gasteiger partial charge in [0.15, 0.2) is 0 Å². The molecule has 0 saturated carbocycles. The van der Waals surface area contributed by atoms with E-state index in [9.17, 15) is 14.9 Å². The van der Waals surface area contributed by atoms with Crippen LogP contribution in [0.5, 0.6) is 11.6 Å². The van der Waals surface area contributed by atoms with Crippen molar-refractivity contribution in [1.82, 2.24) is 14.5 Å². The SMILES string of the molecule is CC.Cc1cc(C#N)cc(Oc2c(C(C)C)c(=O)[nH]c(=O)n2Cc2cc(C)nc(N)c2)c1. The number of H-pyrrole nitrogens is 1. The molecule has 0 amide bonds. The number of aryl methyl sites for hydroxylation is 2. The minimum absolute atomic E-state index is 0.134. The number of rotatable bonds is 5. The summed E-state index contributed by atoms with van der Waals surface area (Å²) in [7, 11) is 0. The lowest BCUT2D eigenvalue weighted by molar-refractivity contribution is 0.410. The molecule has 3 N–H and O–H groups in total. The molecule has 0 unspecified atom stereocenters. The Morgan fingerprint density at radius 3 is 2.44 bits per heavy atom. The summed E-state index contributed by atoms with van der Waals surface area (Å²) in [6.45, 7) is 11.5. The van der Waals surface area contributed by atoms with E-state index in [2.05, 4.69) is 16.0 Å². The van der Waals surface area contributed by atoms with Gasteiger partial charge in [-0.2, -0.15) is 5.26 Å². The molecule has 0 aliphatic rings. The average molecular weight is 436 g/mol. The number of nitriles is 1. The number of benzene rings is 1. The number of hydrogen-bond donors (Lipinski definition) is 2. The van der Waals surface area contributed by atoms with Crippen LogP contribution in [0, 0.1) is 25.2 Å². The molecule has 0 spiro atoms. The molecule has 2 aromatic heterocycles. The zero-order chi connectivity index (χ0) is 24.0. The number of nitrogen functional groups attached to an aromatic ring is 1. The highest BCUT2D eigenvalue weighted by Crippen LogP contribution is 2.29. The van der Waals surface area contributed by atoms with Crippen LogP contribution < -0.4 is 21.7 Å². The van der Waals surface area contributed by atoms with E-state index in [0.29, 0.717) is 28.4 Å². The molecule has 2 heterocycles. The lowest BCUT2D eigenvalue weighted by atomic mass is 10.1. The normalized spacial score (nSPS) is 10.3. The summed E-state index contributed by atoms with van der Waals surface area (Å²) in [4.78, 5) is 31.8. The second kappa shape index (κ2) is 10.4. The van der Waals surface area contributed by atoms with Crippen LogP contribution in [-0.4, -0.2) is 14.5 Å². The van der Waals surface area contributed by atoms with Crippen LogP contribution in [0.15, 0.2) is 39.9 Å². The molecule has 0 bridgehead atoms. The molecule has 3 aromatic rings. The van der Waals surface area contributed by atoms with Crippen molar-refractivity contribution in [2.75, 3.05) is 5.73 Å². The maximum Gasteiger partial charge on any atom is 0.331 e. The summed E-state index contributed by atoms with van der Waals surface area (Å²) in [5.41, 5.74) is 7.80. The van der Waals surface area contributed by atoms with Gasteiger partial charge in [0.25, 0.3) is 5.56 Å². The maximum absolute atomic E-state index is 12.7. The molecule has 0 aliphatic carbocycles. The van der Waals surface area contributed by atoms with Gasteiger partial charge in [0.1, 0.15) is 11.6 Å². The summed E-state index contributed by atoms with van der Waals surface area (Å²) >= 11 is 0. The molecule has 0 saturated heterocycles. The third-order valence-electron chi connectivity index (χ3n) is 4.53. The lowest BCUT2D eigenvalue weighted by Crippen LogP contribution is -2.34. The Hall–Kier alpha value is -3.86. The molecule has 8 heteroatoms. The monoisotopic (exact) mass is 435 g/mol. The van der Waals surface area contributed by atoms with Gasteiger partial charge in [-0.15, -0.1) is 0 Å². The zero-order valence-corrected chi connectivity index (χ0v) is 19.3. The highest BCUT2D eigenvalue weighted by Gasteiger charge is 2.21. The Morgan fingerprint density at radius 2 is 1.84 bits per heavy atom. The second-order valence-electron chi connectivity index (χ2n) is 7.51. The van der Waals surface area contributed by atoms with Crippen LogP contribution >= 0.6 is 0 Å². The van der Waals surface area contributed by atoms with Crippen molar-refractivity contribution in [2.45, 2.75) is 54.0 Å². The number of hydrogen-bond acceptors (Lipinski definition) is 6. The molecule has 0 atom stereocenters. The first-order chi connectivity index (χ1) is 15.2. The predicted molar refractivity (Wildman–Crippen MR) is 125 cm³/mol. The summed E-state index contributed by atoms with van der Waals surface area (Å²) in [5, 5.41) is 9.25. The molecule has 0 fully saturated rings. The van der Waals surface area contributed by atoms with Gasteiger partial charge in [-0.1, -0.05) is 27.7 Å². The van der Waals surface area contributed by atoms with E-state index in [0.717, 1.165) is 11.1 Å². The van der Waals surface area contributed by atoms with Gasteiger partial charge in [0, 0.05) is 5.69 Å². The van der Waals surface area contributed by atoms with Crippen molar-refractivity contribution in [3.05, 3.63) is 79.1 Å². The fraction of sp³-hybridized carbons (Fsp3) is 0.333. The van der Waals surface area contributed by atoms with Gasteiger partial charge in [-0.25, -0.2) is 9.78 Å². The molecule has 8 nitrogen and oxygen atoms in total. The highest BCUT2D eigenvalue weighted by atomic mass is 16.5. The highest BCUT2D eigenvalue weighted by molar-refractivity contribution is 5.43. The molecular formula is C24H29N5O3. The fourth-order valence-electron chi connectivity index (χ4n) is 3.35. The van der Waals surface area contributed by atoms with E-state index < -0.39 is 11.2 Å².